The second kappa shape index (κ2) is 6.74. The maximum atomic E-state index is 12.2. The van der Waals surface area contributed by atoms with E-state index in [-0.39, 0.29) is 11.9 Å². The lowest BCUT2D eigenvalue weighted by Crippen LogP contribution is -2.44. The Bertz CT molecular complexity index is 726. The van der Waals surface area contributed by atoms with Gasteiger partial charge in [0.05, 0.1) is 0 Å². The van der Waals surface area contributed by atoms with Gasteiger partial charge in [-0.05, 0) is 20.3 Å². The number of carbonyl (C=O) groups is 2. The number of amides is 3. The van der Waals surface area contributed by atoms with Gasteiger partial charge in [-0.3, -0.25) is 10.1 Å². The number of anilines is 1. The molecule has 2 aromatic rings. The topological polar surface area (TPSA) is 87.5 Å². The van der Waals surface area contributed by atoms with E-state index in [9.17, 15) is 9.59 Å². The zero-order chi connectivity index (χ0) is 17.1. The first-order valence-electron chi connectivity index (χ1n) is 7.94. The third-order valence-corrected chi connectivity index (χ3v) is 3.98. The van der Waals surface area contributed by atoms with Crippen LogP contribution >= 0.6 is 0 Å². The normalized spacial score (nSPS) is 17.4. The smallest absolute Gasteiger partial charge is 0.321 e. The van der Waals surface area contributed by atoms with Gasteiger partial charge in [0, 0.05) is 24.2 Å². The maximum Gasteiger partial charge on any atom is 0.321 e. The molecule has 2 N–H and O–H groups in total. The van der Waals surface area contributed by atoms with Crippen LogP contribution in [-0.2, 0) is 4.79 Å². The van der Waals surface area contributed by atoms with Crippen molar-refractivity contribution in [2.45, 2.75) is 32.4 Å². The summed E-state index contributed by atoms with van der Waals surface area (Å²) in [4.78, 5) is 26.0. The van der Waals surface area contributed by atoms with E-state index >= 15 is 0 Å². The molecule has 1 aromatic heterocycles. The summed E-state index contributed by atoms with van der Waals surface area (Å²) in [5.41, 5.74) is 0.872. The van der Waals surface area contributed by atoms with Crippen molar-refractivity contribution in [2.75, 3.05) is 11.9 Å². The van der Waals surface area contributed by atoms with Gasteiger partial charge < -0.3 is 14.7 Å². The SMILES string of the molecule is CC(C)N1CC[C@@H](NC(=O)Nc2cc(-c3ccccc3)on2)C1=O. The molecule has 126 valence electrons. The molecule has 1 aliphatic heterocycles. The summed E-state index contributed by atoms with van der Waals surface area (Å²) < 4.78 is 5.22. The summed E-state index contributed by atoms with van der Waals surface area (Å²) in [5.74, 6) is 0.816. The minimum absolute atomic E-state index is 0.0507. The highest BCUT2D eigenvalue weighted by atomic mass is 16.5. The molecule has 3 amide bonds. The number of nitrogens with zero attached hydrogens (tertiary/aromatic N) is 2. The molecule has 7 nitrogen and oxygen atoms in total. The van der Waals surface area contributed by atoms with Gasteiger partial charge in [-0.25, -0.2) is 4.79 Å². The van der Waals surface area contributed by atoms with Crippen LogP contribution in [-0.4, -0.2) is 40.6 Å². The predicted octanol–water partition coefficient (Wildman–Crippen LogP) is 2.47. The Kier molecular flexibility index (Phi) is 4.50. The summed E-state index contributed by atoms with van der Waals surface area (Å²) in [5, 5.41) is 9.11. The number of hydrogen-bond donors (Lipinski definition) is 2. The summed E-state index contributed by atoms with van der Waals surface area (Å²) in [6.07, 6.45) is 0.610. The number of aromatic nitrogens is 1. The molecule has 2 heterocycles. The first-order valence-corrected chi connectivity index (χ1v) is 7.94. The minimum Gasteiger partial charge on any atom is -0.354 e. The van der Waals surface area contributed by atoms with Crippen LogP contribution in [0.3, 0.4) is 0 Å². The molecule has 0 bridgehead atoms. The molecule has 1 aliphatic rings. The first-order chi connectivity index (χ1) is 11.5. The van der Waals surface area contributed by atoms with Gasteiger partial charge in [-0.1, -0.05) is 35.5 Å². The lowest BCUT2D eigenvalue weighted by Gasteiger charge is -2.21. The number of urea groups is 1. The molecule has 24 heavy (non-hydrogen) atoms. The highest BCUT2D eigenvalue weighted by Crippen LogP contribution is 2.22. The van der Waals surface area contributed by atoms with Crippen molar-refractivity contribution in [3.63, 3.8) is 0 Å². The second-order valence-electron chi connectivity index (χ2n) is 6.01. The number of hydrogen-bond acceptors (Lipinski definition) is 4. The maximum absolute atomic E-state index is 12.2. The van der Waals surface area contributed by atoms with Crippen molar-refractivity contribution < 1.29 is 14.1 Å². The van der Waals surface area contributed by atoms with Gasteiger partial charge in [0.15, 0.2) is 11.6 Å². The van der Waals surface area contributed by atoms with Crippen molar-refractivity contribution in [1.29, 1.82) is 0 Å². The fraction of sp³-hybridized carbons (Fsp3) is 0.353. The molecule has 3 rings (SSSR count). The van der Waals surface area contributed by atoms with E-state index in [4.69, 9.17) is 4.52 Å². The average molecular weight is 328 g/mol. The minimum atomic E-state index is -0.493. The van der Waals surface area contributed by atoms with Crippen LogP contribution in [0.4, 0.5) is 10.6 Å². The van der Waals surface area contributed by atoms with E-state index in [1.54, 1.807) is 11.0 Å². The monoisotopic (exact) mass is 328 g/mol. The van der Waals surface area contributed by atoms with Crippen molar-refractivity contribution in [1.82, 2.24) is 15.4 Å². The fourth-order valence-corrected chi connectivity index (χ4v) is 2.73. The van der Waals surface area contributed by atoms with E-state index in [1.165, 1.54) is 0 Å². The number of nitrogens with one attached hydrogen (secondary N) is 2. The molecule has 1 aromatic carbocycles. The van der Waals surface area contributed by atoms with Crippen molar-refractivity contribution in [2.24, 2.45) is 0 Å². The number of benzene rings is 1. The Morgan fingerprint density at radius 2 is 2.08 bits per heavy atom. The van der Waals surface area contributed by atoms with E-state index in [0.717, 1.165) is 5.56 Å². The largest absolute Gasteiger partial charge is 0.354 e. The summed E-state index contributed by atoms with van der Waals surface area (Å²) in [7, 11) is 0. The molecule has 0 spiro atoms. The van der Waals surface area contributed by atoms with E-state index < -0.39 is 12.1 Å². The Morgan fingerprint density at radius 1 is 1.33 bits per heavy atom. The molecule has 0 radical (unpaired) electrons. The Hall–Kier alpha value is -2.83. The number of rotatable bonds is 4. The molecule has 0 aliphatic carbocycles. The number of carbonyl (C=O) groups excluding carboxylic acids is 2. The third kappa shape index (κ3) is 3.40. The molecule has 1 saturated heterocycles. The van der Waals surface area contributed by atoms with Crippen molar-refractivity contribution >= 4 is 17.8 Å². The van der Waals surface area contributed by atoms with E-state index in [2.05, 4.69) is 15.8 Å². The molecule has 7 heteroatoms. The summed E-state index contributed by atoms with van der Waals surface area (Å²) in [6, 6.07) is 10.3. The van der Waals surface area contributed by atoms with Crippen LogP contribution in [0.5, 0.6) is 0 Å². The van der Waals surface area contributed by atoms with Crippen LogP contribution in [0.15, 0.2) is 40.9 Å². The fourth-order valence-electron chi connectivity index (χ4n) is 2.73. The Labute approximate surface area is 140 Å². The number of likely N-dealkylation sites (tertiary alicyclic amines) is 1. The van der Waals surface area contributed by atoms with E-state index in [0.29, 0.717) is 24.5 Å². The zero-order valence-electron chi connectivity index (χ0n) is 13.7. The van der Waals surface area contributed by atoms with Crippen molar-refractivity contribution in [3.05, 3.63) is 36.4 Å². The summed E-state index contributed by atoms with van der Waals surface area (Å²) in [6.45, 7) is 4.57. The Morgan fingerprint density at radius 3 is 2.75 bits per heavy atom. The first kappa shape index (κ1) is 16.0. The average Bonchev–Trinajstić information content (AvgIpc) is 3.16. The highest BCUT2D eigenvalue weighted by Gasteiger charge is 2.34. The molecule has 0 saturated carbocycles. The lowest BCUT2D eigenvalue weighted by molar-refractivity contribution is -0.130. The predicted molar refractivity (Wildman–Crippen MR) is 89.3 cm³/mol. The Balaban J connectivity index is 1.58. The highest BCUT2D eigenvalue weighted by molar-refractivity contribution is 5.94. The van der Waals surface area contributed by atoms with Gasteiger partial charge in [0.2, 0.25) is 5.91 Å². The van der Waals surface area contributed by atoms with Gasteiger partial charge in [0.1, 0.15) is 6.04 Å². The zero-order valence-corrected chi connectivity index (χ0v) is 13.7. The van der Waals surface area contributed by atoms with Gasteiger partial charge in [0.25, 0.3) is 0 Å². The van der Waals surface area contributed by atoms with Crippen LogP contribution < -0.4 is 10.6 Å². The van der Waals surface area contributed by atoms with Gasteiger partial charge >= 0.3 is 6.03 Å². The van der Waals surface area contributed by atoms with E-state index in [1.807, 2.05) is 44.2 Å². The lowest BCUT2D eigenvalue weighted by atomic mass is 10.2. The van der Waals surface area contributed by atoms with Crippen LogP contribution in [0.2, 0.25) is 0 Å². The quantitative estimate of drug-likeness (QED) is 0.902. The molecule has 1 atom stereocenters. The third-order valence-electron chi connectivity index (χ3n) is 3.98. The molecular formula is C17H20N4O3. The molecular weight excluding hydrogens is 308 g/mol. The molecule has 1 fully saturated rings. The molecule has 0 unspecified atom stereocenters. The summed E-state index contributed by atoms with van der Waals surface area (Å²) >= 11 is 0. The van der Waals surface area contributed by atoms with Crippen LogP contribution in [0, 0.1) is 0 Å². The van der Waals surface area contributed by atoms with Gasteiger partial charge in [-0.2, -0.15) is 0 Å². The van der Waals surface area contributed by atoms with Crippen LogP contribution in [0.25, 0.3) is 11.3 Å². The standard InChI is InChI=1S/C17H20N4O3/c1-11(2)21-9-8-13(16(21)22)18-17(23)19-15-10-14(24-20-15)12-6-4-3-5-7-12/h3-7,10-11,13H,8-9H2,1-2H3,(H2,18,19,20,23)/t13-/m1/s1. The van der Waals surface area contributed by atoms with Crippen molar-refractivity contribution in [3.8, 4) is 11.3 Å². The second-order valence-corrected chi connectivity index (χ2v) is 6.01. The van der Waals surface area contributed by atoms with Gasteiger partial charge in [-0.15, -0.1) is 0 Å². The van der Waals surface area contributed by atoms with Crippen LogP contribution in [0.1, 0.15) is 20.3 Å².